The number of benzene rings is 1. The van der Waals surface area contributed by atoms with Crippen LogP contribution in [0.2, 0.25) is 0 Å². The fraction of sp³-hybridized carbons (Fsp3) is 0.273. The van der Waals surface area contributed by atoms with E-state index in [1.807, 2.05) is 13.8 Å². The number of hydrogen-bond acceptors (Lipinski definition) is 0. The van der Waals surface area contributed by atoms with E-state index >= 15 is 0 Å². The first-order chi connectivity index (χ1) is 6.02. The zero-order chi connectivity index (χ0) is 10.0. The molecule has 0 amide bonds. The van der Waals surface area contributed by atoms with Gasteiger partial charge in [0.2, 0.25) is 0 Å². The van der Waals surface area contributed by atoms with E-state index in [1.165, 1.54) is 12.1 Å². The van der Waals surface area contributed by atoms with Crippen molar-refractivity contribution < 1.29 is 8.78 Å². The van der Waals surface area contributed by atoms with Gasteiger partial charge in [-0.25, -0.2) is 8.78 Å². The van der Waals surface area contributed by atoms with Crippen LogP contribution in [0.3, 0.4) is 0 Å². The van der Waals surface area contributed by atoms with Crippen molar-refractivity contribution in [2.45, 2.75) is 13.8 Å². The highest BCUT2D eigenvalue weighted by Crippen LogP contribution is 2.23. The molecule has 1 aromatic rings. The van der Waals surface area contributed by atoms with Gasteiger partial charge in [0, 0.05) is 11.6 Å². The lowest BCUT2D eigenvalue weighted by Gasteiger charge is -2.10. The van der Waals surface area contributed by atoms with E-state index in [0.29, 0.717) is 11.1 Å². The Balaban J connectivity index is 3.09. The molecule has 0 aliphatic heterocycles. The Hall–Kier alpha value is -1.18. The molecule has 0 bridgehead atoms. The van der Waals surface area contributed by atoms with E-state index in [1.54, 1.807) is 0 Å². The second-order valence-electron chi connectivity index (χ2n) is 3.30. The molecule has 1 aromatic carbocycles. The van der Waals surface area contributed by atoms with Gasteiger partial charge in [-0.3, -0.25) is 0 Å². The maximum Gasteiger partial charge on any atom is 0.133 e. The molecule has 2 heteroatoms. The molecule has 70 valence electrons. The van der Waals surface area contributed by atoms with E-state index < -0.39 is 11.6 Å². The highest BCUT2D eigenvalue weighted by atomic mass is 19.1. The quantitative estimate of drug-likeness (QED) is 0.655. The zero-order valence-corrected chi connectivity index (χ0v) is 7.77. The van der Waals surface area contributed by atoms with Gasteiger partial charge in [0.05, 0.1) is 0 Å². The molecule has 0 N–H and O–H groups in total. The van der Waals surface area contributed by atoms with Gasteiger partial charge in [-0.2, -0.15) is 0 Å². The van der Waals surface area contributed by atoms with Gasteiger partial charge in [0.15, 0.2) is 0 Å². The minimum absolute atomic E-state index is 0.167. The summed E-state index contributed by atoms with van der Waals surface area (Å²) < 4.78 is 25.7. The van der Waals surface area contributed by atoms with E-state index in [0.717, 1.165) is 6.07 Å². The largest absolute Gasteiger partial charge is 0.207 e. The summed E-state index contributed by atoms with van der Waals surface area (Å²) in [6.07, 6.45) is 0. The van der Waals surface area contributed by atoms with Crippen LogP contribution in [0.1, 0.15) is 19.4 Å². The Morgan fingerprint density at radius 2 is 1.92 bits per heavy atom. The summed E-state index contributed by atoms with van der Waals surface area (Å²) in [7, 11) is 0. The summed E-state index contributed by atoms with van der Waals surface area (Å²) in [5, 5.41) is 0. The van der Waals surface area contributed by atoms with Crippen molar-refractivity contribution in [3.05, 3.63) is 42.0 Å². The van der Waals surface area contributed by atoms with Crippen LogP contribution in [0.5, 0.6) is 0 Å². The van der Waals surface area contributed by atoms with E-state index in [9.17, 15) is 8.78 Å². The molecule has 0 heterocycles. The van der Waals surface area contributed by atoms with Crippen LogP contribution < -0.4 is 0 Å². The first kappa shape index (κ1) is 9.90. The SMILES string of the molecule is C=C(c1ccc(F)cc1F)C(C)C. The number of rotatable bonds is 2. The van der Waals surface area contributed by atoms with Crippen LogP contribution >= 0.6 is 0 Å². The molecule has 0 aliphatic carbocycles. The maximum absolute atomic E-state index is 13.2. The smallest absolute Gasteiger partial charge is 0.133 e. The standard InChI is InChI=1S/C11H12F2/c1-7(2)8(3)10-5-4-9(12)6-11(10)13/h4-7H,3H2,1-2H3. The predicted molar refractivity (Wildman–Crippen MR) is 50.2 cm³/mol. The van der Waals surface area contributed by atoms with Crippen molar-refractivity contribution in [1.82, 2.24) is 0 Å². The first-order valence-electron chi connectivity index (χ1n) is 4.16. The molecule has 1 rings (SSSR count). The lowest BCUT2D eigenvalue weighted by molar-refractivity contribution is 0.579. The Morgan fingerprint density at radius 1 is 1.31 bits per heavy atom. The number of hydrogen-bond donors (Lipinski definition) is 0. The highest BCUT2D eigenvalue weighted by Gasteiger charge is 2.09. The fourth-order valence-corrected chi connectivity index (χ4v) is 1.06. The third kappa shape index (κ3) is 2.14. The van der Waals surface area contributed by atoms with Gasteiger partial charge in [-0.05, 0) is 23.6 Å². The maximum atomic E-state index is 13.2. The minimum Gasteiger partial charge on any atom is -0.207 e. The summed E-state index contributed by atoms with van der Waals surface area (Å²) >= 11 is 0. The Bertz CT molecular complexity index is 327. The van der Waals surface area contributed by atoms with Crippen molar-refractivity contribution in [2.24, 2.45) is 5.92 Å². The van der Waals surface area contributed by atoms with E-state index in [-0.39, 0.29) is 5.92 Å². The molecule has 0 atom stereocenters. The van der Waals surface area contributed by atoms with Crippen molar-refractivity contribution in [3.63, 3.8) is 0 Å². The van der Waals surface area contributed by atoms with Crippen LogP contribution in [0.15, 0.2) is 24.8 Å². The third-order valence-corrected chi connectivity index (χ3v) is 1.97. The summed E-state index contributed by atoms with van der Waals surface area (Å²) in [6, 6.07) is 3.54. The second kappa shape index (κ2) is 3.69. The van der Waals surface area contributed by atoms with Crippen LogP contribution in [0.25, 0.3) is 5.57 Å². The summed E-state index contributed by atoms with van der Waals surface area (Å²) in [6.45, 7) is 7.60. The average Bonchev–Trinajstić information content (AvgIpc) is 2.03. The second-order valence-corrected chi connectivity index (χ2v) is 3.30. The zero-order valence-electron chi connectivity index (χ0n) is 7.77. The van der Waals surface area contributed by atoms with Crippen LogP contribution in [0.4, 0.5) is 8.78 Å². The molecular weight excluding hydrogens is 170 g/mol. The fourth-order valence-electron chi connectivity index (χ4n) is 1.06. The summed E-state index contributed by atoms with van der Waals surface area (Å²) in [4.78, 5) is 0. The lowest BCUT2D eigenvalue weighted by Crippen LogP contribution is -1.96. The average molecular weight is 182 g/mol. The van der Waals surface area contributed by atoms with Gasteiger partial charge >= 0.3 is 0 Å². The molecule has 0 saturated heterocycles. The molecule has 0 unspecified atom stereocenters. The molecule has 0 radical (unpaired) electrons. The number of allylic oxidation sites excluding steroid dienone is 1. The minimum atomic E-state index is -0.558. The number of halogens is 2. The van der Waals surface area contributed by atoms with Gasteiger partial charge in [-0.1, -0.05) is 20.4 Å². The molecular formula is C11H12F2. The van der Waals surface area contributed by atoms with Gasteiger partial charge in [-0.15, -0.1) is 0 Å². The Morgan fingerprint density at radius 3 is 2.38 bits per heavy atom. The molecule has 0 saturated carbocycles. The molecule has 13 heavy (non-hydrogen) atoms. The van der Waals surface area contributed by atoms with E-state index in [2.05, 4.69) is 6.58 Å². The topological polar surface area (TPSA) is 0 Å². The van der Waals surface area contributed by atoms with Crippen molar-refractivity contribution in [2.75, 3.05) is 0 Å². The molecule has 0 aliphatic rings. The third-order valence-electron chi connectivity index (χ3n) is 1.97. The molecule has 0 fully saturated rings. The molecule has 0 spiro atoms. The predicted octanol–water partition coefficient (Wildman–Crippen LogP) is 3.63. The van der Waals surface area contributed by atoms with Gasteiger partial charge in [0.25, 0.3) is 0 Å². The van der Waals surface area contributed by atoms with Crippen LogP contribution in [0, 0.1) is 17.6 Å². The van der Waals surface area contributed by atoms with Crippen molar-refractivity contribution in [3.8, 4) is 0 Å². The first-order valence-corrected chi connectivity index (χ1v) is 4.16. The Labute approximate surface area is 76.9 Å². The lowest BCUT2D eigenvalue weighted by atomic mass is 9.97. The monoisotopic (exact) mass is 182 g/mol. The molecule has 0 nitrogen and oxygen atoms in total. The van der Waals surface area contributed by atoms with Gasteiger partial charge in [0.1, 0.15) is 11.6 Å². The van der Waals surface area contributed by atoms with Crippen LogP contribution in [-0.4, -0.2) is 0 Å². The van der Waals surface area contributed by atoms with E-state index in [4.69, 9.17) is 0 Å². The summed E-state index contributed by atoms with van der Waals surface area (Å²) in [5.74, 6) is -0.934. The van der Waals surface area contributed by atoms with Gasteiger partial charge < -0.3 is 0 Å². The van der Waals surface area contributed by atoms with Crippen molar-refractivity contribution in [1.29, 1.82) is 0 Å². The Kier molecular flexibility index (Phi) is 2.81. The summed E-state index contributed by atoms with van der Waals surface area (Å²) in [5.41, 5.74) is 1.09. The van der Waals surface area contributed by atoms with Crippen LogP contribution in [-0.2, 0) is 0 Å². The highest BCUT2D eigenvalue weighted by molar-refractivity contribution is 5.65. The van der Waals surface area contributed by atoms with Crippen molar-refractivity contribution >= 4 is 5.57 Å². The molecule has 0 aromatic heterocycles. The normalized spacial score (nSPS) is 10.5.